The number of halogens is 1. The molecule has 0 unspecified atom stereocenters. The van der Waals surface area contributed by atoms with Crippen LogP contribution < -0.4 is 5.32 Å². The lowest BCUT2D eigenvalue weighted by atomic mass is 9.94. The first-order valence-electron chi connectivity index (χ1n) is 8.46. The molecule has 2 aromatic heterocycles. The average molecular weight is 420 g/mol. The molecule has 0 atom stereocenters. The van der Waals surface area contributed by atoms with Gasteiger partial charge in [0.2, 0.25) is 0 Å². The van der Waals surface area contributed by atoms with Gasteiger partial charge in [-0.2, -0.15) is 0 Å². The standard InChI is InChI=1S/C21H14BrN3O2/c1-25-8-7-11-3-2-4-14(19(11)25)17-18(21(27)24-20(17)26)15-10-23-16-9-12(22)5-6-13(15)16/h2-10,23H,1H3,(H,24,26,27). The Bertz CT molecular complexity index is 1310. The van der Waals surface area contributed by atoms with Gasteiger partial charge in [0.1, 0.15) is 0 Å². The molecule has 3 heterocycles. The van der Waals surface area contributed by atoms with E-state index in [0.717, 1.165) is 37.4 Å². The minimum absolute atomic E-state index is 0.366. The number of carbonyl (C=O) groups is 2. The summed E-state index contributed by atoms with van der Waals surface area (Å²) in [6, 6.07) is 13.6. The van der Waals surface area contributed by atoms with Crippen molar-refractivity contribution in [3.05, 3.63) is 70.5 Å². The zero-order valence-electron chi connectivity index (χ0n) is 14.3. The van der Waals surface area contributed by atoms with Crippen molar-refractivity contribution >= 4 is 60.7 Å². The molecule has 132 valence electrons. The van der Waals surface area contributed by atoms with Crippen LogP contribution in [0.15, 0.2) is 59.3 Å². The Morgan fingerprint density at radius 1 is 0.963 bits per heavy atom. The Morgan fingerprint density at radius 3 is 2.56 bits per heavy atom. The zero-order valence-corrected chi connectivity index (χ0v) is 15.9. The van der Waals surface area contributed by atoms with Gasteiger partial charge in [-0.3, -0.25) is 14.9 Å². The van der Waals surface area contributed by atoms with Crippen molar-refractivity contribution in [1.29, 1.82) is 0 Å². The summed E-state index contributed by atoms with van der Waals surface area (Å²) in [5.41, 5.74) is 4.12. The van der Waals surface area contributed by atoms with Gasteiger partial charge in [-0.1, -0.05) is 40.2 Å². The van der Waals surface area contributed by atoms with Crippen LogP contribution in [0.4, 0.5) is 0 Å². The highest BCUT2D eigenvalue weighted by Gasteiger charge is 2.34. The van der Waals surface area contributed by atoms with Crippen LogP contribution in [0, 0.1) is 0 Å². The van der Waals surface area contributed by atoms with Gasteiger partial charge in [-0.25, -0.2) is 0 Å². The molecule has 0 radical (unpaired) electrons. The number of benzene rings is 2. The predicted octanol–water partition coefficient (Wildman–Crippen LogP) is 3.99. The fourth-order valence-corrected chi connectivity index (χ4v) is 4.19. The molecule has 0 bridgehead atoms. The van der Waals surface area contributed by atoms with E-state index in [9.17, 15) is 9.59 Å². The van der Waals surface area contributed by atoms with Gasteiger partial charge in [0.15, 0.2) is 0 Å². The highest BCUT2D eigenvalue weighted by molar-refractivity contribution is 9.10. The third-order valence-electron chi connectivity index (χ3n) is 5.01. The first kappa shape index (κ1) is 16.1. The number of para-hydroxylation sites is 1. The molecule has 5 rings (SSSR count). The Labute approximate surface area is 162 Å². The molecule has 0 spiro atoms. The lowest BCUT2D eigenvalue weighted by molar-refractivity contribution is -0.122. The van der Waals surface area contributed by atoms with Crippen molar-refractivity contribution in [2.24, 2.45) is 7.05 Å². The van der Waals surface area contributed by atoms with Gasteiger partial charge < -0.3 is 9.55 Å². The van der Waals surface area contributed by atoms with Crippen molar-refractivity contribution in [3.63, 3.8) is 0 Å². The second-order valence-corrected chi connectivity index (χ2v) is 7.51. The van der Waals surface area contributed by atoms with Gasteiger partial charge in [0.25, 0.3) is 11.8 Å². The van der Waals surface area contributed by atoms with Crippen molar-refractivity contribution in [2.45, 2.75) is 0 Å². The molecule has 0 saturated carbocycles. The maximum atomic E-state index is 12.7. The molecule has 0 fully saturated rings. The zero-order chi connectivity index (χ0) is 18.7. The van der Waals surface area contributed by atoms with E-state index in [1.807, 2.05) is 60.3 Å². The molecule has 0 saturated heterocycles. The molecule has 2 aromatic carbocycles. The minimum Gasteiger partial charge on any atom is -0.361 e. The molecule has 1 aliphatic rings. The normalized spacial score (nSPS) is 14.6. The Morgan fingerprint density at radius 2 is 1.74 bits per heavy atom. The highest BCUT2D eigenvalue weighted by atomic mass is 79.9. The number of aromatic nitrogens is 2. The second-order valence-electron chi connectivity index (χ2n) is 6.60. The third-order valence-corrected chi connectivity index (χ3v) is 5.50. The largest absolute Gasteiger partial charge is 0.361 e. The van der Waals surface area contributed by atoms with Crippen molar-refractivity contribution in [3.8, 4) is 0 Å². The topological polar surface area (TPSA) is 66.9 Å². The SMILES string of the molecule is Cn1ccc2cccc(C3=C(c4c[nH]c5cc(Br)ccc45)C(=O)NC3=O)c21. The van der Waals surface area contributed by atoms with E-state index < -0.39 is 0 Å². The van der Waals surface area contributed by atoms with Crippen LogP contribution in [0.1, 0.15) is 11.1 Å². The number of nitrogens with one attached hydrogen (secondary N) is 2. The van der Waals surface area contributed by atoms with E-state index in [0.29, 0.717) is 11.1 Å². The number of fused-ring (bicyclic) bond motifs is 2. The molecular weight excluding hydrogens is 406 g/mol. The summed E-state index contributed by atoms with van der Waals surface area (Å²) < 4.78 is 2.91. The van der Waals surface area contributed by atoms with Gasteiger partial charge in [-0.15, -0.1) is 0 Å². The second kappa shape index (κ2) is 5.69. The molecule has 2 N–H and O–H groups in total. The fraction of sp³-hybridized carbons (Fsp3) is 0.0476. The van der Waals surface area contributed by atoms with Gasteiger partial charge in [0.05, 0.1) is 16.7 Å². The predicted molar refractivity (Wildman–Crippen MR) is 109 cm³/mol. The maximum absolute atomic E-state index is 12.7. The Hall–Kier alpha value is -3.12. The summed E-state index contributed by atoms with van der Waals surface area (Å²) in [7, 11) is 1.93. The molecule has 0 aliphatic carbocycles. The number of rotatable bonds is 2. The Balaban J connectivity index is 1.86. The number of carbonyl (C=O) groups excluding carboxylic acids is 2. The summed E-state index contributed by atoms with van der Waals surface area (Å²) in [4.78, 5) is 28.7. The summed E-state index contributed by atoms with van der Waals surface area (Å²) in [6.07, 6.45) is 3.74. The van der Waals surface area contributed by atoms with Crippen LogP contribution in [0.25, 0.3) is 33.0 Å². The maximum Gasteiger partial charge on any atom is 0.259 e. The summed E-state index contributed by atoms with van der Waals surface area (Å²) in [6.45, 7) is 0. The van der Waals surface area contributed by atoms with Crippen molar-refractivity contribution in [2.75, 3.05) is 0 Å². The third kappa shape index (κ3) is 2.30. The molecule has 27 heavy (non-hydrogen) atoms. The van der Waals surface area contributed by atoms with E-state index >= 15 is 0 Å². The van der Waals surface area contributed by atoms with Crippen LogP contribution in [0.3, 0.4) is 0 Å². The summed E-state index contributed by atoms with van der Waals surface area (Å²) in [5, 5.41) is 4.39. The van der Waals surface area contributed by atoms with Crippen LogP contribution in [-0.4, -0.2) is 21.4 Å². The number of nitrogens with zero attached hydrogens (tertiary/aromatic N) is 1. The lowest BCUT2D eigenvalue weighted by Gasteiger charge is -2.08. The van der Waals surface area contributed by atoms with Crippen molar-refractivity contribution < 1.29 is 9.59 Å². The minimum atomic E-state index is -0.370. The first-order valence-corrected chi connectivity index (χ1v) is 9.25. The molecule has 6 heteroatoms. The first-order chi connectivity index (χ1) is 13.0. The average Bonchev–Trinajstić information content (AvgIpc) is 3.30. The number of aromatic amines is 1. The van der Waals surface area contributed by atoms with E-state index in [2.05, 4.69) is 26.2 Å². The Kier molecular flexibility index (Phi) is 3.39. The highest BCUT2D eigenvalue weighted by Crippen LogP contribution is 2.37. The quantitative estimate of drug-likeness (QED) is 0.482. The molecular formula is C21H14BrN3O2. The van der Waals surface area contributed by atoms with E-state index in [1.165, 1.54) is 0 Å². The molecule has 1 aliphatic heterocycles. The van der Waals surface area contributed by atoms with Gasteiger partial charge in [0, 0.05) is 51.3 Å². The number of amides is 2. The summed E-state index contributed by atoms with van der Waals surface area (Å²) >= 11 is 3.46. The van der Waals surface area contributed by atoms with Gasteiger partial charge in [-0.05, 0) is 18.2 Å². The number of imide groups is 1. The lowest BCUT2D eigenvalue weighted by Crippen LogP contribution is -2.22. The number of H-pyrrole nitrogens is 1. The summed E-state index contributed by atoms with van der Waals surface area (Å²) in [5.74, 6) is -0.736. The van der Waals surface area contributed by atoms with Crippen LogP contribution in [0.2, 0.25) is 0 Å². The smallest absolute Gasteiger partial charge is 0.259 e. The molecule has 2 amide bonds. The number of hydrogen-bond acceptors (Lipinski definition) is 2. The van der Waals surface area contributed by atoms with E-state index in [4.69, 9.17) is 0 Å². The monoisotopic (exact) mass is 419 g/mol. The van der Waals surface area contributed by atoms with Crippen molar-refractivity contribution in [1.82, 2.24) is 14.9 Å². The van der Waals surface area contributed by atoms with E-state index in [1.54, 1.807) is 6.20 Å². The van der Waals surface area contributed by atoms with Crippen LogP contribution in [0.5, 0.6) is 0 Å². The number of hydrogen-bond donors (Lipinski definition) is 2. The van der Waals surface area contributed by atoms with E-state index in [-0.39, 0.29) is 11.8 Å². The van der Waals surface area contributed by atoms with Crippen LogP contribution >= 0.6 is 15.9 Å². The van der Waals surface area contributed by atoms with Crippen LogP contribution in [-0.2, 0) is 16.6 Å². The molecule has 4 aromatic rings. The molecule has 5 nitrogen and oxygen atoms in total. The fourth-order valence-electron chi connectivity index (χ4n) is 3.83. The van der Waals surface area contributed by atoms with Gasteiger partial charge >= 0.3 is 0 Å². The number of aryl methyl sites for hydroxylation is 1.